The maximum atomic E-state index is 12.8. The van der Waals surface area contributed by atoms with Gasteiger partial charge in [0.05, 0.1) is 24.6 Å². The number of halogens is 4. The smallest absolute Gasteiger partial charge is 0.417 e. The van der Waals surface area contributed by atoms with Crippen molar-refractivity contribution in [3.8, 4) is 11.6 Å². The van der Waals surface area contributed by atoms with E-state index in [4.69, 9.17) is 16.3 Å². The van der Waals surface area contributed by atoms with Crippen LogP contribution in [0.3, 0.4) is 0 Å². The Bertz CT molecular complexity index is 1130. The van der Waals surface area contributed by atoms with Gasteiger partial charge in [-0.25, -0.2) is 4.98 Å². The van der Waals surface area contributed by atoms with E-state index in [2.05, 4.69) is 10.1 Å². The normalized spacial score (nSPS) is 13.8. The number of hydrogen-bond acceptors (Lipinski definition) is 5. The quantitative estimate of drug-likeness (QED) is 0.554. The highest BCUT2D eigenvalue weighted by atomic mass is 35.5. The van der Waals surface area contributed by atoms with Crippen molar-refractivity contribution in [2.45, 2.75) is 31.6 Å². The standard InChI is InChI=1S/C21H18ClF3N4O2/c1-31-16-7-2-13(3-8-16)12-28(15-5-6-15)17-11-27-29(20(30)19(17)22)18-9-4-14(10-26-18)21(23,24)25/h2-4,7-11,15H,5-6,12H2,1H3. The van der Waals surface area contributed by atoms with Crippen molar-refractivity contribution in [2.24, 2.45) is 0 Å². The highest BCUT2D eigenvalue weighted by molar-refractivity contribution is 6.33. The number of anilines is 1. The number of nitrogens with zero attached hydrogens (tertiary/aromatic N) is 4. The van der Waals surface area contributed by atoms with Gasteiger partial charge in [-0.2, -0.15) is 23.0 Å². The molecule has 4 rings (SSSR count). The van der Waals surface area contributed by atoms with E-state index >= 15 is 0 Å². The van der Waals surface area contributed by atoms with Gasteiger partial charge in [0.15, 0.2) is 5.82 Å². The molecule has 2 heterocycles. The molecule has 3 aromatic rings. The summed E-state index contributed by atoms with van der Waals surface area (Å²) in [5, 5.41) is 4.06. The summed E-state index contributed by atoms with van der Waals surface area (Å²) >= 11 is 6.39. The number of benzene rings is 1. The highest BCUT2D eigenvalue weighted by Crippen LogP contribution is 2.35. The highest BCUT2D eigenvalue weighted by Gasteiger charge is 2.32. The van der Waals surface area contributed by atoms with E-state index in [9.17, 15) is 18.0 Å². The Balaban J connectivity index is 1.64. The van der Waals surface area contributed by atoms with Crippen molar-refractivity contribution in [3.05, 3.63) is 75.3 Å². The van der Waals surface area contributed by atoms with Crippen molar-refractivity contribution in [1.82, 2.24) is 14.8 Å². The van der Waals surface area contributed by atoms with E-state index in [0.717, 1.165) is 41.0 Å². The van der Waals surface area contributed by atoms with Crippen LogP contribution in [0, 0.1) is 0 Å². The number of alkyl halides is 3. The predicted molar refractivity (Wildman–Crippen MR) is 110 cm³/mol. The molecule has 0 aliphatic heterocycles. The van der Waals surface area contributed by atoms with Gasteiger partial charge in [-0.1, -0.05) is 23.7 Å². The maximum absolute atomic E-state index is 12.8. The molecule has 1 aromatic carbocycles. The molecule has 0 N–H and O–H groups in total. The summed E-state index contributed by atoms with van der Waals surface area (Å²) in [6.07, 6.45) is -0.472. The minimum absolute atomic E-state index is 0.0421. The molecular formula is C21H18ClF3N4O2. The van der Waals surface area contributed by atoms with Crippen LogP contribution in [0.15, 0.2) is 53.6 Å². The Labute approximate surface area is 180 Å². The van der Waals surface area contributed by atoms with Gasteiger partial charge in [-0.15, -0.1) is 0 Å². The monoisotopic (exact) mass is 450 g/mol. The zero-order chi connectivity index (χ0) is 22.2. The maximum Gasteiger partial charge on any atom is 0.417 e. The SMILES string of the molecule is COc1ccc(CN(c2cnn(-c3ccc(C(F)(F)F)cn3)c(=O)c2Cl)C2CC2)cc1. The summed E-state index contributed by atoms with van der Waals surface area (Å²) < 4.78 is 44.3. The summed E-state index contributed by atoms with van der Waals surface area (Å²) in [6.45, 7) is 0.526. The van der Waals surface area contributed by atoms with Crippen LogP contribution in [0.25, 0.3) is 5.82 Å². The molecule has 0 radical (unpaired) electrons. The van der Waals surface area contributed by atoms with Crippen LogP contribution >= 0.6 is 11.6 Å². The summed E-state index contributed by atoms with van der Waals surface area (Å²) in [4.78, 5) is 18.6. The van der Waals surface area contributed by atoms with Gasteiger partial charge in [0, 0.05) is 18.8 Å². The lowest BCUT2D eigenvalue weighted by molar-refractivity contribution is -0.137. The molecular weight excluding hydrogens is 433 g/mol. The minimum atomic E-state index is -4.52. The fourth-order valence-electron chi connectivity index (χ4n) is 3.19. The number of ether oxygens (including phenoxy) is 1. The average Bonchev–Trinajstić information content (AvgIpc) is 3.59. The van der Waals surface area contributed by atoms with Gasteiger partial charge >= 0.3 is 6.18 Å². The van der Waals surface area contributed by atoms with Crippen molar-refractivity contribution in [1.29, 1.82) is 0 Å². The van der Waals surface area contributed by atoms with Gasteiger partial charge in [0.1, 0.15) is 10.8 Å². The lowest BCUT2D eigenvalue weighted by Crippen LogP contribution is -2.30. The second kappa shape index (κ2) is 8.22. The Hall–Kier alpha value is -3.07. The molecule has 0 bridgehead atoms. The van der Waals surface area contributed by atoms with Crippen LogP contribution in [0.4, 0.5) is 18.9 Å². The Kier molecular flexibility index (Phi) is 5.62. The van der Waals surface area contributed by atoms with E-state index in [-0.39, 0.29) is 16.9 Å². The topological polar surface area (TPSA) is 60.2 Å². The average molecular weight is 451 g/mol. The first-order valence-corrected chi connectivity index (χ1v) is 9.87. The molecule has 0 amide bonds. The number of aromatic nitrogens is 3. The molecule has 0 saturated heterocycles. The van der Waals surface area contributed by atoms with E-state index in [0.29, 0.717) is 18.4 Å². The molecule has 2 aromatic heterocycles. The molecule has 0 unspecified atom stereocenters. The molecule has 162 valence electrons. The molecule has 31 heavy (non-hydrogen) atoms. The molecule has 10 heteroatoms. The van der Waals surface area contributed by atoms with Gasteiger partial charge in [0.25, 0.3) is 5.56 Å². The van der Waals surface area contributed by atoms with E-state index in [1.165, 1.54) is 6.20 Å². The number of rotatable bonds is 6. The molecule has 6 nitrogen and oxygen atoms in total. The third-order valence-corrected chi connectivity index (χ3v) is 5.36. The van der Waals surface area contributed by atoms with Crippen LogP contribution in [-0.2, 0) is 12.7 Å². The van der Waals surface area contributed by atoms with Crippen molar-refractivity contribution in [3.63, 3.8) is 0 Å². The molecule has 1 aliphatic rings. The zero-order valence-corrected chi connectivity index (χ0v) is 17.2. The molecule has 1 aliphatic carbocycles. The van der Waals surface area contributed by atoms with Gasteiger partial charge in [-0.05, 0) is 42.7 Å². The molecule has 0 atom stereocenters. The van der Waals surface area contributed by atoms with Crippen LogP contribution in [0.5, 0.6) is 5.75 Å². The van der Waals surface area contributed by atoms with Gasteiger partial charge < -0.3 is 9.64 Å². The fourth-order valence-corrected chi connectivity index (χ4v) is 3.43. The van der Waals surface area contributed by atoms with Crippen LogP contribution in [0.2, 0.25) is 5.02 Å². The molecule has 1 saturated carbocycles. The Morgan fingerprint density at radius 2 is 1.87 bits per heavy atom. The number of pyridine rings is 1. The van der Waals surface area contributed by atoms with Crippen molar-refractivity contribution >= 4 is 17.3 Å². The van der Waals surface area contributed by atoms with Crippen LogP contribution < -0.4 is 15.2 Å². The number of hydrogen-bond donors (Lipinski definition) is 0. The third-order valence-electron chi connectivity index (χ3n) is 5.00. The van der Waals surface area contributed by atoms with Crippen molar-refractivity contribution in [2.75, 3.05) is 12.0 Å². The van der Waals surface area contributed by atoms with Crippen LogP contribution in [-0.4, -0.2) is 27.9 Å². The van der Waals surface area contributed by atoms with Crippen LogP contribution in [0.1, 0.15) is 24.0 Å². The first-order valence-electron chi connectivity index (χ1n) is 9.49. The summed E-state index contributed by atoms with van der Waals surface area (Å²) in [6, 6.07) is 9.75. The summed E-state index contributed by atoms with van der Waals surface area (Å²) in [5.41, 5.74) is -0.0660. The Morgan fingerprint density at radius 3 is 2.42 bits per heavy atom. The lowest BCUT2D eigenvalue weighted by atomic mass is 10.2. The molecule has 0 spiro atoms. The third kappa shape index (κ3) is 4.51. The fraction of sp³-hybridized carbons (Fsp3) is 0.286. The van der Waals surface area contributed by atoms with Gasteiger partial charge in [-0.3, -0.25) is 4.79 Å². The first kappa shape index (κ1) is 21.2. The second-order valence-electron chi connectivity index (χ2n) is 7.17. The van der Waals surface area contributed by atoms with Crippen molar-refractivity contribution < 1.29 is 17.9 Å². The molecule has 1 fully saturated rings. The second-order valence-corrected chi connectivity index (χ2v) is 7.55. The summed E-state index contributed by atoms with van der Waals surface area (Å²) in [5.74, 6) is 0.702. The largest absolute Gasteiger partial charge is 0.497 e. The minimum Gasteiger partial charge on any atom is -0.497 e. The lowest BCUT2D eigenvalue weighted by Gasteiger charge is -2.25. The first-order chi connectivity index (χ1) is 14.8. The number of methoxy groups -OCH3 is 1. The Morgan fingerprint density at radius 1 is 1.16 bits per heavy atom. The van der Waals surface area contributed by atoms with Gasteiger partial charge in [0.2, 0.25) is 0 Å². The van der Waals surface area contributed by atoms with E-state index in [1.807, 2.05) is 29.2 Å². The zero-order valence-electron chi connectivity index (χ0n) is 16.4. The van der Waals surface area contributed by atoms with E-state index < -0.39 is 17.3 Å². The van der Waals surface area contributed by atoms with E-state index in [1.54, 1.807) is 7.11 Å². The summed E-state index contributed by atoms with van der Waals surface area (Å²) in [7, 11) is 1.59. The predicted octanol–water partition coefficient (Wildman–Crippen LogP) is 4.48.